The molecule has 19 heavy (non-hydrogen) atoms. The minimum Gasteiger partial charge on any atom is -0.481 e. The first-order chi connectivity index (χ1) is 8.76. The van der Waals surface area contributed by atoms with E-state index in [0.717, 1.165) is 6.42 Å². The topological polar surface area (TPSA) is 101 Å². The molecule has 2 aliphatic rings. The van der Waals surface area contributed by atoms with Crippen molar-refractivity contribution < 1.29 is 19.5 Å². The molecule has 6 heteroatoms. The van der Waals surface area contributed by atoms with E-state index in [1.165, 1.54) is 0 Å². The third-order valence-corrected chi connectivity index (χ3v) is 4.49. The van der Waals surface area contributed by atoms with Gasteiger partial charge in [-0.25, -0.2) is 0 Å². The number of hydrogen-bond acceptors (Lipinski definition) is 3. The van der Waals surface area contributed by atoms with Crippen molar-refractivity contribution in [2.24, 2.45) is 28.9 Å². The predicted octanol–water partition coefficient (Wildman–Crippen LogP) is 0.0671. The van der Waals surface area contributed by atoms with E-state index in [2.05, 4.69) is 0 Å². The van der Waals surface area contributed by atoms with Crippen molar-refractivity contribution in [3.63, 3.8) is 0 Å². The molecule has 0 unspecified atom stereocenters. The minimum atomic E-state index is -0.924. The first-order valence-corrected chi connectivity index (χ1v) is 6.57. The standard InChI is InChI=1S/C13H20N2O4/c1-13(2)8(9(13)12(18)19)11(17)15-5-3-4-7(6-15)10(14)16/h7-9H,3-6H2,1-2H3,(H2,14,16)(H,18,19)/t7-,8+,9-/m0/s1. The van der Waals surface area contributed by atoms with Crippen molar-refractivity contribution in [2.75, 3.05) is 13.1 Å². The van der Waals surface area contributed by atoms with Crippen LogP contribution >= 0.6 is 0 Å². The monoisotopic (exact) mass is 268 g/mol. The summed E-state index contributed by atoms with van der Waals surface area (Å²) < 4.78 is 0. The molecule has 6 nitrogen and oxygen atoms in total. The second-order valence-corrected chi connectivity index (χ2v) is 6.14. The zero-order valence-electron chi connectivity index (χ0n) is 11.3. The molecule has 1 saturated carbocycles. The van der Waals surface area contributed by atoms with E-state index in [9.17, 15) is 14.4 Å². The van der Waals surface area contributed by atoms with Crippen molar-refractivity contribution in [3.05, 3.63) is 0 Å². The number of nitrogens with zero attached hydrogens (tertiary/aromatic N) is 1. The number of hydrogen-bond donors (Lipinski definition) is 2. The Morgan fingerprint density at radius 3 is 2.37 bits per heavy atom. The third-order valence-electron chi connectivity index (χ3n) is 4.49. The molecular weight excluding hydrogens is 248 g/mol. The highest BCUT2D eigenvalue weighted by Gasteiger charge is 2.66. The van der Waals surface area contributed by atoms with Gasteiger partial charge in [0.1, 0.15) is 0 Å². The van der Waals surface area contributed by atoms with Crippen LogP contribution in [0.1, 0.15) is 26.7 Å². The van der Waals surface area contributed by atoms with Crippen molar-refractivity contribution in [1.82, 2.24) is 4.90 Å². The summed E-state index contributed by atoms with van der Waals surface area (Å²) in [7, 11) is 0. The van der Waals surface area contributed by atoms with Crippen LogP contribution in [0.15, 0.2) is 0 Å². The van der Waals surface area contributed by atoms with E-state index < -0.39 is 23.2 Å². The zero-order chi connectivity index (χ0) is 14.4. The normalized spacial score (nSPS) is 32.7. The van der Waals surface area contributed by atoms with Gasteiger partial charge in [0, 0.05) is 13.1 Å². The summed E-state index contributed by atoms with van der Waals surface area (Å²) in [5.74, 6) is -2.86. The minimum absolute atomic E-state index is 0.150. The lowest BCUT2D eigenvalue weighted by Gasteiger charge is -2.31. The van der Waals surface area contributed by atoms with E-state index >= 15 is 0 Å². The number of amides is 2. The van der Waals surface area contributed by atoms with Gasteiger partial charge in [-0.1, -0.05) is 13.8 Å². The summed E-state index contributed by atoms with van der Waals surface area (Å²) in [6.07, 6.45) is 1.44. The molecule has 2 amide bonds. The Kier molecular flexibility index (Phi) is 3.28. The molecule has 106 valence electrons. The summed E-state index contributed by atoms with van der Waals surface area (Å²) in [6, 6.07) is 0. The molecule has 1 saturated heterocycles. The molecule has 3 atom stereocenters. The zero-order valence-corrected chi connectivity index (χ0v) is 11.3. The van der Waals surface area contributed by atoms with Crippen LogP contribution in [0.3, 0.4) is 0 Å². The van der Waals surface area contributed by atoms with Crippen LogP contribution in [0.2, 0.25) is 0 Å². The highest BCUT2D eigenvalue weighted by molar-refractivity contribution is 5.92. The van der Waals surface area contributed by atoms with Gasteiger partial charge in [-0.05, 0) is 18.3 Å². The first-order valence-electron chi connectivity index (χ1n) is 6.57. The number of aliphatic carboxylic acids is 1. The maximum atomic E-state index is 12.4. The van der Waals surface area contributed by atoms with Crippen LogP contribution in [-0.4, -0.2) is 40.9 Å². The van der Waals surface area contributed by atoms with Gasteiger partial charge < -0.3 is 15.7 Å². The lowest BCUT2D eigenvalue weighted by atomic mass is 9.96. The number of carboxylic acids is 1. The van der Waals surface area contributed by atoms with Gasteiger partial charge in [-0.2, -0.15) is 0 Å². The molecule has 2 fully saturated rings. The van der Waals surface area contributed by atoms with Crippen molar-refractivity contribution in [2.45, 2.75) is 26.7 Å². The number of carboxylic acid groups (broad SMARTS) is 1. The molecule has 1 aliphatic heterocycles. The second kappa shape index (κ2) is 4.51. The Morgan fingerprint density at radius 2 is 1.89 bits per heavy atom. The van der Waals surface area contributed by atoms with Crippen LogP contribution in [-0.2, 0) is 14.4 Å². The van der Waals surface area contributed by atoms with Crippen LogP contribution in [0.4, 0.5) is 0 Å². The molecule has 0 spiro atoms. The van der Waals surface area contributed by atoms with Crippen molar-refractivity contribution in [3.8, 4) is 0 Å². The lowest BCUT2D eigenvalue weighted by molar-refractivity contribution is -0.143. The van der Waals surface area contributed by atoms with E-state index in [4.69, 9.17) is 10.8 Å². The van der Waals surface area contributed by atoms with E-state index in [-0.39, 0.29) is 17.7 Å². The van der Waals surface area contributed by atoms with Crippen LogP contribution in [0.5, 0.6) is 0 Å². The Labute approximate surface area is 111 Å². The molecule has 2 rings (SSSR count). The molecule has 1 aliphatic carbocycles. The predicted molar refractivity (Wildman–Crippen MR) is 66.9 cm³/mol. The number of carbonyl (C=O) groups excluding carboxylic acids is 2. The quantitative estimate of drug-likeness (QED) is 0.756. The Bertz CT molecular complexity index is 432. The Balaban J connectivity index is 2.05. The van der Waals surface area contributed by atoms with Gasteiger partial charge in [0.25, 0.3) is 0 Å². The fourth-order valence-electron chi connectivity index (χ4n) is 3.17. The first kappa shape index (κ1) is 13.8. The van der Waals surface area contributed by atoms with E-state index in [0.29, 0.717) is 19.5 Å². The summed E-state index contributed by atoms with van der Waals surface area (Å²) >= 11 is 0. The number of piperidine rings is 1. The number of nitrogens with two attached hydrogens (primary N) is 1. The van der Waals surface area contributed by atoms with E-state index in [1.807, 2.05) is 0 Å². The molecule has 0 bridgehead atoms. The average Bonchev–Trinajstić information content (AvgIpc) is 2.91. The van der Waals surface area contributed by atoms with Gasteiger partial charge in [0.2, 0.25) is 11.8 Å². The van der Waals surface area contributed by atoms with Gasteiger partial charge >= 0.3 is 5.97 Å². The van der Waals surface area contributed by atoms with Crippen molar-refractivity contribution >= 4 is 17.8 Å². The number of rotatable bonds is 3. The van der Waals surface area contributed by atoms with Gasteiger partial charge in [-0.3, -0.25) is 14.4 Å². The molecule has 0 aromatic rings. The second-order valence-electron chi connectivity index (χ2n) is 6.14. The molecular formula is C13H20N2O4. The summed E-state index contributed by atoms with van der Waals surface area (Å²) in [6.45, 7) is 4.50. The average molecular weight is 268 g/mol. The summed E-state index contributed by atoms with van der Waals surface area (Å²) in [4.78, 5) is 36.3. The number of carbonyl (C=O) groups is 3. The number of primary amides is 1. The molecule has 3 N–H and O–H groups in total. The molecule has 0 radical (unpaired) electrons. The SMILES string of the molecule is CC1(C)[C@H](C(=O)O)[C@@H]1C(=O)N1CCC[C@H](C(N)=O)C1. The van der Waals surface area contributed by atoms with E-state index in [1.54, 1.807) is 18.7 Å². The summed E-state index contributed by atoms with van der Waals surface area (Å²) in [5.41, 5.74) is 4.78. The van der Waals surface area contributed by atoms with Crippen LogP contribution < -0.4 is 5.73 Å². The third kappa shape index (κ3) is 2.31. The van der Waals surface area contributed by atoms with Gasteiger partial charge in [0.05, 0.1) is 17.8 Å². The maximum Gasteiger partial charge on any atom is 0.307 e. The fraction of sp³-hybridized carbons (Fsp3) is 0.769. The van der Waals surface area contributed by atoms with Gasteiger partial charge in [-0.15, -0.1) is 0 Å². The Morgan fingerprint density at radius 1 is 1.26 bits per heavy atom. The smallest absolute Gasteiger partial charge is 0.307 e. The highest BCUT2D eigenvalue weighted by Crippen LogP contribution is 2.59. The summed E-state index contributed by atoms with van der Waals surface area (Å²) in [5, 5.41) is 9.10. The number of likely N-dealkylation sites (tertiary alicyclic amines) is 1. The molecule has 0 aromatic carbocycles. The largest absolute Gasteiger partial charge is 0.481 e. The van der Waals surface area contributed by atoms with Crippen molar-refractivity contribution in [1.29, 1.82) is 0 Å². The van der Waals surface area contributed by atoms with Crippen LogP contribution in [0, 0.1) is 23.2 Å². The van der Waals surface area contributed by atoms with Gasteiger partial charge in [0.15, 0.2) is 0 Å². The molecule has 0 aromatic heterocycles. The Hall–Kier alpha value is -1.59. The maximum absolute atomic E-state index is 12.4. The highest BCUT2D eigenvalue weighted by atomic mass is 16.4. The lowest BCUT2D eigenvalue weighted by Crippen LogP contribution is -2.45. The fourth-order valence-corrected chi connectivity index (χ4v) is 3.17. The van der Waals surface area contributed by atoms with Crippen LogP contribution in [0.25, 0.3) is 0 Å². The molecule has 1 heterocycles.